The molecule has 116 valence electrons. The number of nitrogens with zero attached hydrogens (tertiary/aromatic N) is 3. The Balaban J connectivity index is 2.20. The summed E-state index contributed by atoms with van der Waals surface area (Å²) < 4.78 is 0. The molecular weight excluding hydrogens is 280 g/mol. The van der Waals surface area contributed by atoms with E-state index in [4.69, 9.17) is 9.97 Å². The second kappa shape index (κ2) is 7.71. The molecule has 0 radical (unpaired) electrons. The zero-order valence-corrected chi connectivity index (χ0v) is 14.3. The Morgan fingerprint density at radius 3 is 2.76 bits per heavy atom. The van der Waals surface area contributed by atoms with Crippen molar-refractivity contribution in [1.29, 1.82) is 0 Å². The van der Waals surface area contributed by atoms with Gasteiger partial charge in [0.25, 0.3) is 0 Å². The number of fused-ring (bicyclic) bond motifs is 1. The molecule has 0 aromatic carbocycles. The van der Waals surface area contributed by atoms with Crippen molar-refractivity contribution >= 4 is 27.4 Å². The van der Waals surface area contributed by atoms with Gasteiger partial charge in [0.2, 0.25) is 0 Å². The molecule has 2 aromatic rings. The Labute approximate surface area is 131 Å². The van der Waals surface area contributed by atoms with E-state index in [1.165, 1.54) is 6.42 Å². The van der Waals surface area contributed by atoms with Crippen LogP contribution in [0.3, 0.4) is 0 Å². The van der Waals surface area contributed by atoms with Crippen LogP contribution in [0.15, 0.2) is 11.4 Å². The third kappa shape index (κ3) is 4.14. The lowest BCUT2D eigenvalue weighted by atomic mass is 10.1. The molecule has 21 heavy (non-hydrogen) atoms. The van der Waals surface area contributed by atoms with Gasteiger partial charge in [-0.25, -0.2) is 9.97 Å². The van der Waals surface area contributed by atoms with Crippen LogP contribution in [0.2, 0.25) is 0 Å². The van der Waals surface area contributed by atoms with Crippen molar-refractivity contribution in [3.63, 3.8) is 0 Å². The van der Waals surface area contributed by atoms with Gasteiger partial charge in [0.1, 0.15) is 16.5 Å². The Morgan fingerprint density at radius 1 is 1.29 bits per heavy atom. The highest BCUT2D eigenvalue weighted by Gasteiger charge is 2.13. The Kier molecular flexibility index (Phi) is 5.94. The van der Waals surface area contributed by atoms with Gasteiger partial charge in [-0.15, -0.1) is 11.3 Å². The number of aromatic nitrogens is 2. The van der Waals surface area contributed by atoms with Crippen molar-refractivity contribution in [1.82, 2.24) is 14.9 Å². The second-order valence-corrected chi connectivity index (χ2v) is 6.39. The molecule has 0 amide bonds. The van der Waals surface area contributed by atoms with Gasteiger partial charge in [-0.1, -0.05) is 27.2 Å². The summed E-state index contributed by atoms with van der Waals surface area (Å²) >= 11 is 1.68. The minimum atomic E-state index is 0.712. The number of rotatable bonds is 8. The second-order valence-electron chi connectivity index (χ2n) is 5.50. The van der Waals surface area contributed by atoms with Crippen molar-refractivity contribution in [3.05, 3.63) is 17.3 Å². The molecule has 0 aliphatic carbocycles. The maximum absolute atomic E-state index is 4.73. The zero-order chi connectivity index (χ0) is 15.2. The smallest absolute Gasteiger partial charge is 0.146 e. The zero-order valence-electron chi connectivity index (χ0n) is 13.5. The molecule has 1 atom stereocenters. The van der Waals surface area contributed by atoms with Crippen molar-refractivity contribution in [2.24, 2.45) is 5.92 Å². The average molecular weight is 306 g/mol. The van der Waals surface area contributed by atoms with Gasteiger partial charge >= 0.3 is 0 Å². The molecule has 0 saturated heterocycles. The van der Waals surface area contributed by atoms with E-state index in [1.54, 1.807) is 11.3 Å². The van der Waals surface area contributed by atoms with Crippen molar-refractivity contribution in [2.75, 3.05) is 25.0 Å². The van der Waals surface area contributed by atoms with Crippen LogP contribution in [-0.2, 0) is 6.54 Å². The first-order valence-electron chi connectivity index (χ1n) is 7.88. The van der Waals surface area contributed by atoms with Gasteiger partial charge in [-0.3, -0.25) is 4.90 Å². The Hall–Kier alpha value is -1.20. The minimum Gasteiger partial charge on any atom is -0.370 e. The molecule has 0 bridgehead atoms. The van der Waals surface area contributed by atoms with Crippen molar-refractivity contribution in [3.8, 4) is 0 Å². The standard InChI is InChI=1S/C16H26N4S/c1-5-12(4)10-20(7-3)11-14-18-15(17-6-2)13-8-9-21-16(13)19-14/h8-9,12H,5-7,10-11H2,1-4H3,(H,17,18,19). The summed E-state index contributed by atoms with van der Waals surface area (Å²) in [5.74, 6) is 2.60. The Bertz CT molecular complexity index is 566. The highest BCUT2D eigenvalue weighted by molar-refractivity contribution is 7.16. The number of thiophene rings is 1. The molecule has 2 aromatic heterocycles. The summed E-state index contributed by atoms with van der Waals surface area (Å²) in [5.41, 5.74) is 0. The number of nitrogens with one attached hydrogen (secondary N) is 1. The summed E-state index contributed by atoms with van der Waals surface area (Å²) in [4.78, 5) is 13.0. The van der Waals surface area contributed by atoms with E-state index < -0.39 is 0 Å². The largest absolute Gasteiger partial charge is 0.370 e. The predicted octanol–water partition coefficient (Wildman–Crippen LogP) is 3.99. The van der Waals surface area contributed by atoms with Gasteiger partial charge in [-0.05, 0) is 30.8 Å². The SMILES string of the molecule is CCNc1nc(CN(CC)CC(C)CC)nc2sccc12. The maximum Gasteiger partial charge on any atom is 0.146 e. The van der Waals surface area contributed by atoms with Crippen molar-refractivity contribution in [2.45, 2.75) is 40.7 Å². The van der Waals surface area contributed by atoms with Crippen LogP contribution in [0.1, 0.15) is 39.9 Å². The lowest BCUT2D eigenvalue weighted by Gasteiger charge is -2.23. The third-order valence-electron chi connectivity index (χ3n) is 3.79. The molecule has 0 aliphatic heterocycles. The van der Waals surface area contributed by atoms with Crippen LogP contribution >= 0.6 is 11.3 Å². The first-order chi connectivity index (χ1) is 10.2. The highest BCUT2D eigenvalue weighted by Crippen LogP contribution is 2.25. The molecule has 1 N–H and O–H groups in total. The summed E-state index contributed by atoms with van der Waals surface area (Å²) in [6, 6.07) is 2.10. The van der Waals surface area contributed by atoms with Crippen molar-refractivity contribution < 1.29 is 0 Å². The van der Waals surface area contributed by atoms with E-state index in [9.17, 15) is 0 Å². The van der Waals surface area contributed by atoms with E-state index in [2.05, 4.69) is 49.4 Å². The van der Waals surface area contributed by atoms with Crippen LogP contribution in [0.25, 0.3) is 10.2 Å². The molecular formula is C16H26N4S. The number of hydrogen-bond acceptors (Lipinski definition) is 5. The predicted molar refractivity (Wildman–Crippen MR) is 92.0 cm³/mol. The molecule has 0 aliphatic rings. The van der Waals surface area contributed by atoms with Crippen LogP contribution in [0.4, 0.5) is 5.82 Å². The van der Waals surface area contributed by atoms with Gasteiger partial charge in [0.05, 0.1) is 11.9 Å². The molecule has 0 fully saturated rings. The van der Waals surface area contributed by atoms with Crippen LogP contribution in [0, 0.1) is 5.92 Å². The quantitative estimate of drug-likeness (QED) is 0.800. The number of anilines is 1. The Morgan fingerprint density at radius 2 is 2.10 bits per heavy atom. The fourth-order valence-corrected chi connectivity index (χ4v) is 3.13. The molecule has 2 rings (SSSR count). The van der Waals surface area contributed by atoms with E-state index in [-0.39, 0.29) is 0 Å². The lowest BCUT2D eigenvalue weighted by molar-refractivity contribution is 0.233. The average Bonchev–Trinajstić information content (AvgIpc) is 2.95. The summed E-state index contributed by atoms with van der Waals surface area (Å²) in [6.07, 6.45) is 1.21. The first-order valence-corrected chi connectivity index (χ1v) is 8.76. The first kappa shape index (κ1) is 16.2. The summed E-state index contributed by atoms with van der Waals surface area (Å²) in [7, 11) is 0. The van der Waals surface area contributed by atoms with Crippen LogP contribution in [-0.4, -0.2) is 34.5 Å². The fraction of sp³-hybridized carbons (Fsp3) is 0.625. The topological polar surface area (TPSA) is 41.1 Å². The van der Waals surface area contributed by atoms with E-state index in [0.717, 1.165) is 48.0 Å². The van der Waals surface area contributed by atoms with E-state index in [1.807, 2.05) is 0 Å². The summed E-state index contributed by atoms with van der Waals surface area (Å²) in [5, 5.41) is 6.58. The fourth-order valence-electron chi connectivity index (χ4n) is 2.35. The molecule has 4 nitrogen and oxygen atoms in total. The lowest BCUT2D eigenvalue weighted by Crippen LogP contribution is -2.28. The summed E-state index contributed by atoms with van der Waals surface area (Å²) in [6.45, 7) is 12.7. The monoisotopic (exact) mass is 306 g/mol. The molecule has 2 heterocycles. The van der Waals surface area contributed by atoms with Gasteiger partial charge in [0.15, 0.2) is 0 Å². The van der Waals surface area contributed by atoms with Crippen LogP contribution < -0.4 is 5.32 Å². The van der Waals surface area contributed by atoms with E-state index >= 15 is 0 Å². The van der Waals surface area contributed by atoms with Gasteiger partial charge < -0.3 is 5.32 Å². The minimum absolute atomic E-state index is 0.712. The maximum atomic E-state index is 4.73. The molecule has 0 saturated carbocycles. The number of hydrogen-bond donors (Lipinski definition) is 1. The van der Waals surface area contributed by atoms with Gasteiger partial charge in [0, 0.05) is 13.1 Å². The normalized spacial score (nSPS) is 13.0. The highest BCUT2D eigenvalue weighted by atomic mass is 32.1. The van der Waals surface area contributed by atoms with Crippen LogP contribution in [0.5, 0.6) is 0 Å². The molecule has 0 spiro atoms. The third-order valence-corrected chi connectivity index (χ3v) is 4.60. The van der Waals surface area contributed by atoms with E-state index in [0.29, 0.717) is 5.92 Å². The molecule has 5 heteroatoms. The molecule has 1 unspecified atom stereocenters. The van der Waals surface area contributed by atoms with Gasteiger partial charge in [-0.2, -0.15) is 0 Å².